The number of nitrogens with zero attached hydrogens (tertiary/aromatic N) is 1. The van der Waals surface area contributed by atoms with Crippen LogP contribution in [0.2, 0.25) is 0 Å². The molecule has 0 aliphatic carbocycles. The van der Waals surface area contributed by atoms with Gasteiger partial charge in [-0.1, -0.05) is 0 Å². The number of rotatable bonds is 0. The molecule has 0 aromatic carbocycles. The van der Waals surface area contributed by atoms with Gasteiger partial charge in [0.2, 0.25) is 0 Å². The first-order valence-electron chi connectivity index (χ1n) is 1.25. The van der Waals surface area contributed by atoms with E-state index < -0.39 is 0 Å². The molecular formula is C2H7CuN3. The summed E-state index contributed by atoms with van der Waals surface area (Å²) in [5.74, 6) is 0.130. The minimum Gasteiger partial charge on any atom is -0.370 e. The monoisotopic (exact) mass is 136 g/mol. The molecule has 0 aliphatic rings. The zero-order valence-electron chi connectivity index (χ0n) is 3.40. The first kappa shape index (κ1) is 9.25. The SMILES string of the molecule is CN=C(N)N.[Cu]. The van der Waals surface area contributed by atoms with E-state index in [1.54, 1.807) is 0 Å². The van der Waals surface area contributed by atoms with E-state index in [-0.39, 0.29) is 23.0 Å². The van der Waals surface area contributed by atoms with E-state index in [2.05, 4.69) is 4.99 Å². The number of hydrogen-bond donors (Lipinski definition) is 2. The Morgan fingerprint density at radius 1 is 1.50 bits per heavy atom. The first-order chi connectivity index (χ1) is 2.27. The number of guanidine groups is 1. The Balaban J connectivity index is 0. The van der Waals surface area contributed by atoms with Crippen molar-refractivity contribution in [1.29, 1.82) is 0 Å². The maximum absolute atomic E-state index is 4.82. The Morgan fingerprint density at radius 3 is 1.67 bits per heavy atom. The van der Waals surface area contributed by atoms with E-state index >= 15 is 0 Å². The summed E-state index contributed by atoms with van der Waals surface area (Å²) in [6.45, 7) is 0. The molecule has 0 heterocycles. The van der Waals surface area contributed by atoms with Gasteiger partial charge in [0.1, 0.15) is 0 Å². The van der Waals surface area contributed by atoms with E-state index in [9.17, 15) is 0 Å². The van der Waals surface area contributed by atoms with Crippen LogP contribution in [-0.4, -0.2) is 13.0 Å². The third-order valence-corrected chi connectivity index (χ3v) is 0.258. The van der Waals surface area contributed by atoms with E-state index in [0.29, 0.717) is 0 Å². The van der Waals surface area contributed by atoms with Gasteiger partial charge < -0.3 is 11.5 Å². The Kier molecular flexibility index (Phi) is 7.38. The van der Waals surface area contributed by atoms with E-state index in [0.717, 1.165) is 0 Å². The van der Waals surface area contributed by atoms with Gasteiger partial charge in [0.25, 0.3) is 0 Å². The molecule has 3 nitrogen and oxygen atoms in total. The number of nitrogens with two attached hydrogens (primary N) is 2. The van der Waals surface area contributed by atoms with E-state index in [1.165, 1.54) is 7.05 Å². The van der Waals surface area contributed by atoms with Gasteiger partial charge in [-0.25, -0.2) is 0 Å². The van der Waals surface area contributed by atoms with Crippen molar-refractivity contribution < 1.29 is 17.1 Å². The van der Waals surface area contributed by atoms with E-state index in [1.807, 2.05) is 0 Å². The summed E-state index contributed by atoms with van der Waals surface area (Å²) in [6, 6.07) is 0. The fourth-order valence-corrected chi connectivity index (χ4v) is 0. The van der Waals surface area contributed by atoms with Crippen molar-refractivity contribution in [3.8, 4) is 0 Å². The van der Waals surface area contributed by atoms with Crippen LogP contribution in [0.5, 0.6) is 0 Å². The van der Waals surface area contributed by atoms with Crippen molar-refractivity contribution in [3.05, 3.63) is 0 Å². The smallest absolute Gasteiger partial charge is 0.185 e. The van der Waals surface area contributed by atoms with Crippen molar-refractivity contribution in [1.82, 2.24) is 0 Å². The van der Waals surface area contributed by atoms with Crippen molar-refractivity contribution in [2.45, 2.75) is 0 Å². The maximum atomic E-state index is 4.82. The summed E-state index contributed by atoms with van der Waals surface area (Å²) < 4.78 is 0. The van der Waals surface area contributed by atoms with Crippen LogP contribution in [0.15, 0.2) is 4.99 Å². The largest absolute Gasteiger partial charge is 0.370 e. The van der Waals surface area contributed by atoms with E-state index in [4.69, 9.17) is 11.5 Å². The van der Waals surface area contributed by atoms with Gasteiger partial charge in [0, 0.05) is 24.1 Å². The van der Waals surface area contributed by atoms with Crippen molar-refractivity contribution in [2.24, 2.45) is 16.5 Å². The second kappa shape index (κ2) is 4.79. The molecular weight excluding hydrogens is 130 g/mol. The second-order valence-electron chi connectivity index (χ2n) is 0.648. The normalized spacial score (nSPS) is 5.50. The summed E-state index contributed by atoms with van der Waals surface area (Å²) in [6.07, 6.45) is 0. The van der Waals surface area contributed by atoms with Gasteiger partial charge in [0.05, 0.1) is 0 Å². The fraction of sp³-hybridized carbons (Fsp3) is 0.500. The molecule has 4 heteroatoms. The molecule has 0 atom stereocenters. The summed E-state index contributed by atoms with van der Waals surface area (Å²) in [4.78, 5) is 3.36. The van der Waals surface area contributed by atoms with Crippen LogP contribution < -0.4 is 11.5 Å². The predicted octanol–water partition coefficient (Wildman–Crippen LogP) is -1.11. The maximum Gasteiger partial charge on any atom is 0.185 e. The molecule has 0 bridgehead atoms. The van der Waals surface area contributed by atoms with Crippen molar-refractivity contribution in [2.75, 3.05) is 7.05 Å². The molecule has 0 spiro atoms. The average Bonchev–Trinajstić information content (AvgIpc) is 1.38. The zero-order valence-corrected chi connectivity index (χ0v) is 4.35. The van der Waals surface area contributed by atoms with Crippen LogP contribution >= 0.6 is 0 Å². The van der Waals surface area contributed by atoms with Crippen LogP contribution in [0.4, 0.5) is 0 Å². The number of aliphatic imine (C=N–C) groups is 1. The van der Waals surface area contributed by atoms with Crippen LogP contribution in [0.1, 0.15) is 0 Å². The molecule has 0 saturated carbocycles. The third kappa shape index (κ3) is 9.21. The van der Waals surface area contributed by atoms with Gasteiger partial charge in [-0.15, -0.1) is 0 Å². The molecule has 0 amide bonds. The zero-order chi connectivity index (χ0) is 4.28. The molecule has 6 heavy (non-hydrogen) atoms. The molecule has 0 rings (SSSR count). The van der Waals surface area contributed by atoms with Crippen molar-refractivity contribution >= 4 is 5.96 Å². The van der Waals surface area contributed by atoms with Crippen LogP contribution in [0, 0.1) is 0 Å². The van der Waals surface area contributed by atoms with Gasteiger partial charge >= 0.3 is 0 Å². The summed E-state index contributed by atoms with van der Waals surface area (Å²) >= 11 is 0. The minimum absolute atomic E-state index is 0. The molecule has 1 radical (unpaired) electrons. The second-order valence-corrected chi connectivity index (χ2v) is 0.648. The Hall–Kier alpha value is -0.211. The van der Waals surface area contributed by atoms with Crippen LogP contribution in [0.25, 0.3) is 0 Å². The summed E-state index contributed by atoms with van der Waals surface area (Å²) in [7, 11) is 1.54. The predicted molar refractivity (Wildman–Crippen MR) is 21.7 cm³/mol. The minimum atomic E-state index is 0. The third-order valence-electron chi connectivity index (χ3n) is 0.258. The van der Waals surface area contributed by atoms with Gasteiger partial charge in [-0.3, -0.25) is 4.99 Å². The topological polar surface area (TPSA) is 64.4 Å². The first-order valence-corrected chi connectivity index (χ1v) is 1.25. The fourth-order valence-electron chi connectivity index (χ4n) is 0. The standard InChI is InChI=1S/C2H7N3.Cu/c1-5-2(3)4;/h1H3,(H4,3,4,5);. The molecule has 0 aliphatic heterocycles. The molecule has 4 N–H and O–H groups in total. The Bertz CT molecular complexity index is 46.8. The van der Waals surface area contributed by atoms with Gasteiger partial charge in [-0.2, -0.15) is 0 Å². The summed E-state index contributed by atoms with van der Waals surface area (Å²) in [5, 5.41) is 0. The quantitative estimate of drug-likeness (QED) is 0.252. The van der Waals surface area contributed by atoms with Crippen molar-refractivity contribution in [3.63, 3.8) is 0 Å². The van der Waals surface area contributed by atoms with Gasteiger partial charge in [-0.05, 0) is 0 Å². The molecule has 0 fully saturated rings. The summed E-state index contributed by atoms with van der Waals surface area (Å²) in [5.41, 5.74) is 9.64. The van der Waals surface area contributed by atoms with Crippen LogP contribution in [0.3, 0.4) is 0 Å². The average molecular weight is 137 g/mol. The molecule has 0 unspecified atom stereocenters. The molecule has 41 valence electrons. The Labute approximate surface area is 47.3 Å². The van der Waals surface area contributed by atoms with Gasteiger partial charge in [0.15, 0.2) is 5.96 Å². The number of hydrogen-bond acceptors (Lipinski definition) is 1. The molecule has 0 aromatic heterocycles. The molecule has 0 aromatic rings. The molecule has 0 saturated heterocycles. The van der Waals surface area contributed by atoms with Crippen LogP contribution in [-0.2, 0) is 17.1 Å². The Morgan fingerprint density at radius 2 is 1.67 bits per heavy atom.